The quantitative estimate of drug-likeness (QED) is 0.648. The van der Waals surface area contributed by atoms with Crippen molar-refractivity contribution >= 4 is 11.8 Å². The molecular weight excluding hydrogens is 383 g/mol. The van der Waals surface area contributed by atoms with Gasteiger partial charge in [0.1, 0.15) is 5.82 Å². The molecule has 0 saturated carbocycles. The van der Waals surface area contributed by atoms with Gasteiger partial charge in [0.15, 0.2) is 0 Å². The number of fused-ring (bicyclic) bond motifs is 1. The number of halogens is 3. The third-order valence-corrected chi connectivity index (χ3v) is 4.95. The lowest BCUT2D eigenvalue weighted by Crippen LogP contribution is -2.08. The van der Waals surface area contributed by atoms with Gasteiger partial charge in [-0.25, -0.2) is 9.48 Å². The lowest BCUT2D eigenvalue weighted by Gasteiger charge is -2.12. The zero-order chi connectivity index (χ0) is 20.6. The van der Waals surface area contributed by atoms with Crippen LogP contribution in [0.2, 0.25) is 0 Å². The van der Waals surface area contributed by atoms with Gasteiger partial charge in [0.05, 0.1) is 22.5 Å². The van der Waals surface area contributed by atoms with Crippen molar-refractivity contribution in [1.29, 1.82) is 0 Å². The normalized spacial score (nSPS) is 14.0. The average molecular weight is 401 g/mol. The van der Waals surface area contributed by atoms with Crippen LogP contribution >= 0.6 is 0 Å². The molecule has 0 unspecified atom stereocenters. The summed E-state index contributed by atoms with van der Waals surface area (Å²) in [5.74, 6) is -0.474. The number of carbonyl (C=O) groups is 1. The van der Waals surface area contributed by atoms with Gasteiger partial charge in [0.25, 0.3) is 0 Å². The van der Waals surface area contributed by atoms with Crippen LogP contribution in [0.25, 0.3) is 16.9 Å². The Morgan fingerprint density at radius 2 is 1.90 bits per heavy atom. The predicted molar refractivity (Wildman–Crippen MR) is 102 cm³/mol. The molecule has 2 heterocycles. The molecule has 0 bridgehead atoms. The van der Waals surface area contributed by atoms with Crippen molar-refractivity contribution in [3.05, 3.63) is 65.2 Å². The average Bonchev–Trinajstić information content (AvgIpc) is 2.88. The molecule has 5 nitrogen and oxygen atoms in total. The molecular formula is C21H18F3N3O2. The summed E-state index contributed by atoms with van der Waals surface area (Å²) in [5.41, 5.74) is 0.816. The summed E-state index contributed by atoms with van der Waals surface area (Å²) in [6.07, 6.45) is -2.22. The molecule has 4 rings (SSSR count). The van der Waals surface area contributed by atoms with Gasteiger partial charge in [-0.15, -0.1) is 0 Å². The summed E-state index contributed by atoms with van der Waals surface area (Å²) in [6.45, 7) is 0.664. The topological polar surface area (TPSA) is 67.1 Å². The second-order valence-electron chi connectivity index (χ2n) is 6.87. The van der Waals surface area contributed by atoms with Crippen LogP contribution in [0.1, 0.15) is 34.3 Å². The van der Waals surface area contributed by atoms with Crippen molar-refractivity contribution in [2.45, 2.75) is 25.4 Å². The molecule has 1 aromatic heterocycles. The minimum atomic E-state index is -4.51. The summed E-state index contributed by atoms with van der Waals surface area (Å²) in [6, 6.07) is 11.6. The van der Waals surface area contributed by atoms with E-state index in [0.29, 0.717) is 30.0 Å². The molecule has 2 aromatic carbocycles. The number of carboxylic acid groups (broad SMARTS) is 1. The largest absolute Gasteiger partial charge is 0.478 e. The Labute approximate surface area is 164 Å². The number of carboxylic acids is 1. The fraction of sp³-hybridized carbons (Fsp3) is 0.238. The molecule has 8 heteroatoms. The Bertz CT molecular complexity index is 1070. The SMILES string of the molecule is O=C(O)c1cccc(-n2nc(-c3ccccc3C(F)(F)F)c3c2NCCCC3)c1. The van der Waals surface area contributed by atoms with Gasteiger partial charge < -0.3 is 10.4 Å². The predicted octanol–water partition coefficient (Wildman–Crippen LogP) is 5.00. The van der Waals surface area contributed by atoms with E-state index in [-0.39, 0.29) is 16.8 Å². The molecule has 29 heavy (non-hydrogen) atoms. The number of hydrogen-bond acceptors (Lipinski definition) is 3. The standard InChI is InChI=1S/C21H18F3N3O2/c22-21(23,24)17-10-2-1-8-15(17)18-16-9-3-4-11-25-19(16)27(26-18)14-7-5-6-13(12-14)20(28)29/h1-2,5-8,10,12,25H,3-4,9,11H2,(H,28,29). The Kier molecular flexibility index (Phi) is 4.77. The van der Waals surface area contributed by atoms with Crippen molar-refractivity contribution in [2.24, 2.45) is 0 Å². The van der Waals surface area contributed by atoms with Gasteiger partial charge in [-0.05, 0) is 43.5 Å². The number of benzene rings is 2. The highest BCUT2D eigenvalue weighted by Crippen LogP contribution is 2.40. The first-order valence-electron chi connectivity index (χ1n) is 9.22. The molecule has 0 spiro atoms. The summed E-state index contributed by atoms with van der Waals surface area (Å²) >= 11 is 0. The van der Waals surface area contributed by atoms with E-state index in [1.165, 1.54) is 28.9 Å². The minimum Gasteiger partial charge on any atom is -0.478 e. The molecule has 150 valence electrons. The van der Waals surface area contributed by atoms with Gasteiger partial charge in [-0.3, -0.25) is 0 Å². The van der Waals surface area contributed by atoms with Gasteiger partial charge in [0.2, 0.25) is 0 Å². The zero-order valence-electron chi connectivity index (χ0n) is 15.3. The van der Waals surface area contributed by atoms with E-state index < -0.39 is 17.7 Å². The van der Waals surface area contributed by atoms with E-state index in [1.54, 1.807) is 18.2 Å². The zero-order valence-corrected chi connectivity index (χ0v) is 15.3. The fourth-order valence-corrected chi connectivity index (χ4v) is 3.61. The molecule has 0 radical (unpaired) electrons. The van der Waals surface area contributed by atoms with Crippen molar-refractivity contribution < 1.29 is 23.1 Å². The third kappa shape index (κ3) is 3.57. The van der Waals surface area contributed by atoms with Gasteiger partial charge in [-0.2, -0.15) is 18.3 Å². The smallest absolute Gasteiger partial charge is 0.417 e. The number of nitrogens with zero attached hydrogens (tertiary/aromatic N) is 2. The molecule has 0 atom stereocenters. The van der Waals surface area contributed by atoms with E-state index in [4.69, 9.17) is 0 Å². The first-order chi connectivity index (χ1) is 13.9. The Morgan fingerprint density at radius 1 is 1.10 bits per heavy atom. The van der Waals surface area contributed by atoms with E-state index in [0.717, 1.165) is 18.9 Å². The van der Waals surface area contributed by atoms with E-state index in [1.807, 2.05) is 0 Å². The van der Waals surface area contributed by atoms with Crippen molar-refractivity contribution in [2.75, 3.05) is 11.9 Å². The summed E-state index contributed by atoms with van der Waals surface area (Å²) < 4.78 is 42.3. The number of nitrogens with one attached hydrogen (secondary N) is 1. The van der Waals surface area contributed by atoms with Crippen LogP contribution in [-0.4, -0.2) is 27.4 Å². The highest BCUT2D eigenvalue weighted by molar-refractivity contribution is 5.88. The second kappa shape index (κ2) is 7.27. The van der Waals surface area contributed by atoms with Crippen LogP contribution in [0.15, 0.2) is 48.5 Å². The molecule has 2 N–H and O–H groups in total. The second-order valence-corrected chi connectivity index (χ2v) is 6.87. The van der Waals surface area contributed by atoms with Crippen LogP contribution in [0, 0.1) is 0 Å². The minimum absolute atomic E-state index is 0.0214. The van der Waals surface area contributed by atoms with Crippen molar-refractivity contribution in [3.8, 4) is 16.9 Å². The summed E-state index contributed by atoms with van der Waals surface area (Å²) in [7, 11) is 0. The monoisotopic (exact) mass is 401 g/mol. The Balaban J connectivity index is 1.95. The molecule has 0 saturated heterocycles. The Morgan fingerprint density at radius 3 is 2.66 bits per heavy atom. The number of aromatic carboxylic acids is 1. The number of anilines is 1. The lowest BCUT2D eigenvalue weighted by atomic mass is 9.99. The molecule has 0 amide bonds. The van der Waals surface area contributed by atoms with Crippen LogP contribution in [-0.2, 0) is 12.6 Å². The van der Waals surface area contributed by atoms with Crippen LogP contribution < -0.4 is 5.32 Å². The summed E-state index contributed by atoms with van der Waals surface area (Å²) in [4.78, 5) is 11.3. The van der Waals surface area contributed by atoms with Crippen LogP contribution in [0.3, 0.4) is 0 Å². The van der Waals surface area contributed by atoms with Gasteiger partial charge >= 0.3 is 12.1 Å². The van der Waals surface area contributed by atoms with Crippen LogP contribution in [0.4, 0.5) is 19.0 Å². The molecule has 3 aromatic rings. The highest BCUT2D eigenvalue weighted by atomic mass is 19.4. The first kappa shape index (κ1) is 19.0. The fourth-order valence-electron chi connectivity index (χ4n) is 3.61. The van der Waals surface area contributed by atoms with E-state index in [9.17, 15) is 23.1 Å². The van der Waals surface area contributed by atoms with Crippen molar-refractivity contribution in [1.82, 2.24) is 9.78 Å². The number of hydrogen-bond donors (Lipinski definition) is 2. The maximum Gasteiger partial charge on any atom is 0.417 e. The summed E-state index contributed by atoms with van der Waals surface area (Å²) in [5, 5.41) is 17.0. The van der Waals surface area contributed by atoms with Gasteiger partial charge in [0, 0.05) is 17.7 Å². The number of alkyl halides is 3. The number of aromatic nitrogens is 2. The molecule has 1 aliphatic rings. The van der Waals surface area contributed by atoms with Crippen LogP contribution in [0.5, 0.6) is 0 Å². The van der Waals surface area contributed by atoms with Crippen molar-refractivity contribution in [3.63, 3.8) is 0 Å². The lowest BCUT2D eigenvalue weighted by molar-refractivity contribution is -0.137. The maximum absolute atomic E-state index is 13.6. The Hall–Kier alpha value is -3.29. The first-order valence-corrected chi connectivity index (χ1v) is 9.22. The molecule has 0 aliphatic carbocycles. The molecule has 1 aliphatic heterocycles. The van der Waals surface area contributed by atoms with E-state index >= 15 is 0 Å². The van der Waals surface area contributed by atoms with Gasteiger partial charge in [-0.1, -0.05) is 24.3 Å². The maximum atomic E-state index is 13.6. The van der Waals surface area contributed by atoms with E-state index in [2.05, 4.69) is 10.4 Å². The molecule has 0 fully saturated rings. The third-order valence-electron chi connectivity index (χ3n) is 4.95. The number of rotatable bonds is 3. The highest BCUT2D eigenvalue weighted by Gasteiger charge is 2.35.